The number of imidazole rings is 1. The van der Waals surface area contributed by atoms with E-state index in [1.165, 1.54) is 27.6 Å². The molecule has 0 atom stereocenters. The lowest BCUT2D eigenvalue weighted by molar-refractivity contribution is -0.599. The standard InChI is InChI=1S/C55H52N4O/c1-37(2)47-18-12-13-19-48(47)39-24-25-56-53(30-39)59-51-21-15-14-20-49(51)50-23-22-45(35-52(50)59)60-46-29-40(38-16-10-9-11-17-38)28-43(34-46)57-26-27-58(36-57)44-32-41(54(3,4)5)31-42(33-44)55(6,7)8/h9-35,37H,1-8H3. The van der Waals surface area contributed by atoms with Gasteiger partial charge in [0.1, 0.15) is 17.3 Å². The molecule has 5 heteroatoms. The van der Waals surface area contributed by atoms with E-state index in [0.29, 0.717) is 5.92 Å². The number of pyridine rings is 1. The lowest BCUT2D eigenvalue weighted by Crippen LogP contribution is -2.30. The molecule has 60 heavy (non-hydrogen) atoms. The number of hydrogen-bond donors (Lipinski definition) is 0. The molecule has 0 aliphatic carbocycles. The minimum atomic E-state index is 0.00695. The average Bonchev–Trinajstić information content (AvgIpc) is 3.87. The third-order valence-corrected chi connectivity index (χ3v) is 11.5. The molecule has 9 aromatic rings. The Bertz CT molecular complexity index is 2980. The molecule has 0 N–H and O–H groups in total. The number of hydrogen-bond acceptors (Lipinski definition) is 2. The highest BCUT2D eigenvalue weighted by Crippen LogP contribution is 2.38. The van der Waals surface area contributed by atoms with Crippen LogP contribution in [0.3, 0.4) is 0 Å². The molecule has 5 nitrogen and oxygen atoms in total. The average molecular weight is 785 g/mol. The fraction of sp³-hybridized carbons (Fsp3) is 0.200. The van der Waals surface area contributed by atoms with Gasteiger partial charge in [0.15, 0.2) is 0 Å². The predicted molar refractivity (Wildman–Crippen MR) is 247 cm³/mol. The van der Waals surface area contributed by atoms with Crippen molar-refractivity contribution in [3.05, 3.63) is 187 Å². The van der Waals surface area contributed by atoms with Crippen molar-refractivity contribution < 1.29 is 9.30 Å². The van der Waals surface area contributed by atoms with Crippen LogP contribution in [0.4, 0.5) is 0 Å². The molecule has 0 spiro atoms. The molecule has 0 saturated carbocycles. The molecule has 0 amide bonds. The van der Waals surface area contributed by atoms with Crippen LogP contribution in [-0.2, 0) is 10.8 Å². The highest BCUT2D eigenvalue weighted by atomic mass is 16.5. The zero-order valence-electron chi connectivity index (χ0n) is 35.9. The van der Waals surface area contributed by atoms with Gasteiger partial charge in [0, 0.05) is 35.4 Å². The SMILES string of the molecule is CC(C)c1ccccc1-c1ccnc(-n2c3ccccc3c3ccc(Oc4cc(-c5ccccc5)cc(-n5[c-][n+](-c6cc(C(C)(C)C)cc(C(C)(C)C)c6)cc5)c4)cc32)c1. The Kier molecular flexibility index (Phi) is 9.79. The molecular weight excluding hydrogens is 733 g/mol. The first-order valence-electron chi connectivity index (χ1n) is 21.0. The van der Waals surface area contributed by atoms with E-state index in [9.17, 15) is 0 Å². The van der Waals surface area contributed by atoms with Gasteiger partial charge in [-0.05, 0) is 116 Å². The first-order chi connectivity index (χ1) is 28.8. The van der Waals surface area contributed by atoms with Gasteiger partial charge in [-0.2, -0.15) is 0 Å². The number of aromatic nitrogens is 4. The predicted octanol–water partition coefficient (Wildman–Crippen LogP) is 13.9. The normalized spacial score (nSPS) is 12.2. The monoisotopic (exact) mass is 784 g/mol. The van der Waals surface area contributed by atoms with Crippen molar-refractivity contribution in [3.63, 3.8) is 0 Å². The Hall–Kier alpha value is -6.72. The Labute approximate surface area is 354 Å². The summed E-state index contributed by atoms with van der Waals surface area (Å²) in [7, 11) is 0. The van der Waals surface area contributed by atoms with E-state index < -0.39 is 0 Å². The summed E-state index contributed by atoms with van der Waals surface area (Å²) in [6.07, 6.45) is 9.71. The summed E-state index contributed by atoms with van der Waals surface area (Å²) in [5, 5.41) is 2.31. The second-order valence-corrected chi connectivity index (χ2v) is 18.3. The maximum atomic E-state index is 6.86. The van der Waals surface area contributed by atoms with Crippen LogP contribution in [0.15, 0.2) is 164 Å². The van der Waals surface area contributed by atoms with Crippen molar-refractivity contribution in [2.24, 2.45) is 0 Å². The van der Waals surface area contributed by atoms with E-state index in [0.717, 1.165) is 61.8 Å². The summed E-state index contributed by atoms with van der Waals surface area (Å²) in [5.41, 5.74) is 12.6. The minimum absolute atomic E-state index is 0.00695. The van der Waals surface area contributed by atoms with Crippen molar-refractivity contribution in [2.45, 2.75) is 72.1 Å². The molecule has 0 aliphatic rings. The number of para-hydroxylation sites is 1. The number of ether oxygens (including phenoxy) is 1. The molecule has 6 aromatic carbocycles. The van der Waals surface area contributed by atoms with E-state index in [-0.39, 0.29) is 10.8 Å². The summed E-state index contributed by atoms with van der Waals surface area (Å²) in [4.78, 5) is 4.96. The zero-order valence-corrected chi connectivity index (χ0v) is 35.9. The quantitative estimate of drug-likeness (QED) is 0.114. The van der Waals surface area contributed by atoms with Crippen molar-refractivity contribution in [3.8, 4) is 50.9 Å². The van der Waals surface area contributed by atoms with Gasteiger partial charge in [0.05, 0.1) is 22.4 Å². The fourth-order valence-corrected chi connectivity index (χ4v) is 8.17. The van der Waals surface area contributed by atoms with E-state index in [1.54, 1.807) is 0 Å². The van der Waals surface area contributed by atoms with Gasteiger partial charge in [-0.15, -0.1) is 0 Å². The topological polar surface area (TPSA) is 35.9 Å². The molecule has 3 heterocycles. The van der Waals surface area contributed by atoms with Crippen LogP contribution in [0.2, 0.25) is 0 Å². The Morgan fingerprint density at radius 3 is 2.05 bits per heavy atom. The molecule has 0 bridgehead atoms. The molecule has 0 fully saturated rings. The van der Waals surface area contributed by atoms with Gasteiger partial charge in [-0.1, -0.05) is 134 Å². The second kappa shape index (κ2) is 15.1. The number of fused-ring (bicyclic) bond motifs is 3. The smallest absolute Gasteiger partial charge is 0.268 e. The summed E-state index contributed by atoms with van der Waals surface area (Å²) < 4.78 is 13.3. The number of nitrogens with zero attached hydrogens (tertiary/aromatic N) is 4. The number of rotatable bonds is 8. The van der Waals surface area contributed by atoms with E-state index >= 15 is 0 Å². The molecule has 0 radical (unpaired) electrons. The van der Waals surface area contributed by atoms with Crippen LogP contribution < -0.4 is 9.30 Å². The summed E-state index contributed by atoms with van der Waals surface area (Å²) in [6.45, 7) is 18.1. The van der Waals surface area contributed by atoms with Crippen molar-refractivity contribution in [1.82, 2.24) is 14.1 Å². The van der Waals surface area contributed by atoms with Crippen LogP contribution in [-0.4, -0.2) is 14.1 Å². The summed E-state index contributed by atoms with van der Waals surface area (Å²) in [6, 6.07) is 51.7. The first kappa shape index (κ1) is 38.8. The van der Waals surface area contributed by atoms with E-state index in [1.807, 2.05) is 12.3 Å². The van der Waals surface area contributed by atoms with Crippen LogP contribution in [0, 0.1) is 6.33 Å². The van der Waals surface area contributed by atoms with Crippen LogP contribution in [0.5, 0.6) is 11.5 Å². The number of benzene rings is 6. The maximum absolute atomic E-state index is 6.86. The van der Waals surface area contributed by atoms with E-state index in [4.69, 9.17) is 9.72 Å². The molecule has 0 aliphatic heterocycles. The first-order valence-corrected chi connectivity index (χ1v) is 21.0. The van der Waals surface area contributed by atoms with Gasteiger partial charge in [-0.25, -0.2) is 4.98 Å². The third-order valence-electron chi connectivity index (χ3n) is 11.5. The molecule has 9 rings (SSSR count). The molecular formula is C55H52N4O. The fourth-order valence-electron chi connectivity index (χ4n) is 8.17. The summed E-state index contributed by atoms with van der Waals surface area (Å²) >= 11 is 0. The van der Waals surface area contributed by atoms with Gasteiger partial charge in [0.2, 0.25) is 0 Å². The highest BCUT2D eigenvalue weighted by molar-refractivity contribution is 6.09. The molecule has 3 aromatic heterocycles. The van der Waals surface area contributed by atoms with Gasteiger partial charge in [-0.3, -0.25) is 13.7 Å². The largest absolute Gasteiger partial charge is 0.458 e. The Balaban J connectivity index is 1.13. The maximum Gasteiger partial charge on any atom is 0.268 e. The zero-order chi connectivity index (χ0) is 41.8. The lowest BCUT2D eigenvalue weighted by atomic mass is 9.80. The van der Waals surface area contributed by atoms with Crippen LogP contribution in [0.25, 0.3) is 61.3 Å². The van der Waals surface area contributed by atoms with Gasteiger partial charge in [0.25, 0.3) is 6.33 Å². The van der Waals surface area contributed by atoms with E-state index in [2.05, 4.69) is 227 Å². The van der Waals surface area contributed by atoms with Crippen molar-refractivity contribution in [2.75, 3.05) is 0 Å². The molecule has 0 saturated heterocycles. The highest BCUT2D eigenvalue weighted by Gasteiger charge is 2.22. The molecule has 298 valence electrons. The lowest BCUT2D eigenvalue weighted by Gasteiger charge is -2.26. The van der Waals surface area contributed by atoms with Crippen LogP contribution >= 0.6 is 0 Å². The van der Waals surface area contributed by atoms with Crippen molar-refractivity contribution >= 4 is 21.8 Å². The molecule has 0 unspecified atom stereocenters. The summed E-state index contributed by atoms with van der Waals surface area (Å²) in [5.74, 6) is 2.73. The third kappa shape index (κ3) is 7.52. The Morgan fingerprint density at radius 2 is 1.30 bits per heavy atom. The van der Waals surface area contributed by atoms with Gasteiger partial charge >= 0.3 is 0 Å². The van der Waals surface area contributed by atoms with Crippen molar-refractivity contribution in [1.29, 1.82) is 0 Å². The Morgan fingerprint density at radius 1 is 0.600 bits per heavy atom. The van der Waals surface area contributed by atoms with Crippen LogP contribution in [0.1, 0.15) is 78.0 Å². The van der Waals surface area contributed by atoms with Gasteiger partial charge < -0.3 is 4.74 Å². The second-order valence-electron chi connectivity index (χ2n) is 18.3. The minimum Gasteiger partial charge on any atom is -0.458 e.